The first-order valence-electron chi connectivity index (χ1n) is 9.02. The first-order chi connectivity index (χ1) is 13.2. The van der Waals surface area contributed by atoms with Crippen molar-refractivity contribution in [3.8, 4) is 11.1 Å². The molecule has 8 heteroatoms. The van der Waals surface area contributed by atoms with E-state index in [1.54, 1.807) is 12.1 Å². The lowest BCUT2D eigenvalue weighted by molar-refractivity contribution is 0.217. The maximum Gasteiger partial charge on any atom is 0.243 e. The summed E-state index contributed by atoms with van der Waals surface area (Å²) in [5, 5.41) is 0. The van der Waals surface area contributed by atoms with Crippen molar-refractivity contribution in [2.24, 2.45) is 10.7 Å². The first kappa shape index (κ1) is 19.0. The second-order valence-corrected chi connectivity index (χ2v) is 9.24. The summed E-state index contributed by atoms with van der Waals surface area (Å²) in [6.07, 6.45) is -3.56. The number of nitrogens with two attached hydrogens (primary N) is 1. The third-order valence-electron chi connectivity index (χ3n) is 5.50. The number of halogens is 2. The van der Waals surface area contributed by atoms with Gasteiger partial charge in [-0.3, -0.25) is 4.99 Å². The number of fused-ring (bicyclic) bond motifs is 1. The van der Waals surface area contributed by atoms with Gasteiger partial charge in [0.2, 0.25) is 10.0 Å². The number of aryl methyl sites for hydroxylation is 1. The van der Waals surface area contributed by atoms with Crippen LogP contribution in [-0.2, 0) is 16.6 Å². The average molecular weight is 405 g/mol. The summed E-state index contributed by atoms with van der Waals surface area (Å²) < 4.78 is 53.3. The Bertz CT molecular complexity index is 1090. The molecule has 1 fully saturated rings. The molecule has 2 atom stereocenters. The second-order valence-electron chi connectivity index (χ2n) is 7.30. The number of hydrogen-bond donors (Lipinski definition) is 1. The minimum absolute atomic E-state index is 0.0370. The third-order valence-corrected chi connectivity index (χ3v) is 7.33. The lowest BCUT2D eigenvalue weighted by Crippen LogP contribution is -2.29. The van der Waals surface area contributed by atoms with Crippen LogP contribution in [0.5, 0.6) is 0 Å². The normalized spacial score (nSPS) is 22.4. The van der Waals surface area contributed by atoms with Crippen molar-refractivity contribution < 1.29 is 17.2 Å². The van der Waals surface area contributed by atoms with Crippen LogP contribution in [0.2, 0.25) is 0 Å². The Balaban J connectivity index is 1.72. The van der Waals surface area contributed by atoms with Crippen LogP contribution in [0.1, 0.15) is 22.3 Å². The van der Waals surface area contributed by atoms with Crippen LogP contribution in [0, 0.1) is 13.8 Å². The molecule has 2 aromatic carbocycles. The Labute approximate surface area is 162 Å². The predicted molar refractivity (Wildman–Crippen MR) is 104 cm³/mol. The van der Waals surface area contributed by atoms with E-state index in [0.29, 0.717) is 12.4 Å². The number of hydrogen-bond acceptors (Lipinski definition) is 4. The van der Waals surface area contributed by atoms with E-state index < -0.39 is 35.5 Å². The minimum Gasteiger partial charge on any atom is -0.383 e. The number of sulfonamides is 1. The highest BCUT2D eigenvalue weighted by Crippen LogP contribution is 2.34. The van der Waals surface area contributed by atoms with Crippen LogP contribution >= 0.6 is 0 Å². The number of benzene rings is 2. The van der Waals surface area contributed by atoms with E-state index in [2.05, 4.69) is 4.99 Å². The van der Waals surface area contributed by atoms with Crippen LogP contribution in [0.4, 0.5) is 8.78 Å². The molecule has 28 heavy (non-hydrogen) atoms. The molecular weight excluding hydrogens is 384 g/mol. The van der Waals surface area contributed by atoms with E-state index in [-0.39, 0.29) is 4.90 Å². The van der Waals surface area contributed by atoms with Gasteiger partial charge in [-0.1, -0.05) is 18.2 Å². The quantitative estimate of drug-likeness (QED) is 0.853. The molecule has 2 aromatic rings. The van der Waals surface area contributed by atoms with E-state index in [0.717, 1.165) is 37.7 Å². The fraction of sp³-hybridized carbons (Fsp3) is 0.350. The van der Waals surface area contributed by atoms with Gasteiger partial charge in [0.25, 0.3) is 0 Å². The van der Waals surface area contributed by atoms with Gasteiger partial charge < -0.3 is 5.73 Å². The van der Waals surface area contributed by atoms with Gasteiger partial charge in [-0.2, -0.15) is 4.31 Å². The molecule has 4 rings (SSSR count). The van der Waals surface area contributed by atoms with Gasteiger partial charge in [0.1, 0.15) is 18.2 Å². The number of alkyl halides is 2. The Morgan fingerprint density at radius 2 is 1.71 bits per heavy atom. The SMILES string of the molecule is Cc1cc(S(=O)(=O)N2C[C@@H](F)[C@@H](F)C2)ccc1-c1ccc2c(c1C)C(N)=NC2. The summed E-state index contributed by atoms with van der Waals surface area (Å²) in [6, 6.07) is 8.74. The van der Waals surface area contributed by atoms with E-state index in [1.165, 1.54) is 6.07 Å². The molecule has 0 bridgehead atoms. The maximum absolute atomic E-state index is 13.5. The lowest BCUT2D eigenvalue weighted by Gasteiger charge is -2.18. The first-order valence-corrected chi connectivity index (χ1v) is 10.5. The Morgan fingerprint density at radius 3 is 2.36 bits per heavy atom. The molecule has 0 aromatic heterocycles. The third kappa shape index (κ3) is 2.91. The number of amidine groups is 1. The van der Waals surface area contributed by atoms with E-state index >= 15 is 0 Å². The summed E-state index contributed by atoms with van der Waals surface area (Å²) in [4.78, 5) is 4.31. The fourth-order valence-electron chi connectivity index (χ4n) is 3.93. The van der Waals surface area contributed by atoms with Crippen molar-refractivity contribution in [1.82, 2.24) is 4.31 Å². The number of aliphatic imine (C=N–C) groups is 1. The number of nitrogens with zero attached hydrogens (tertiary/aromatic N) is 2. The summed E-state index contributed by atoms with van der Waals surface area (Å²) in [7, 11) is -3.94. The molecule has 2 aliphatic heterocycles. The van der Waals surface area contributed by atoms with Crippen molar-refractivity contribution in [3.05, 3.63) is 52.6 Å². The van der Waals surface area contributed by atoms with Crippen molar-refractivity contribution in [2.45, 2.75) is 37.6 Å². The van der Waals surface area contributed by atoms with E-state index in [1.807, 2.05) is 26.0 Å². The monoisotopic (exact) mass is 405 g/mol. The van der Waals surface area contributed by atoms with E-state index in [4.69, 9.17) is 5.73 Å². The Kier molecular flexibility index (Phi) is 4.50. The van der Waals surface area contributed by atoms with Crippen molar-refractivity contribution in [2.75, 3.05) is 13.1 Å². The van der Waals surface area contributed by atoms with Gasteiger partial charge in [-0.15, -0.1) is 0 Å². The zero-order chi connectivity index (χ0) is 20.2. The van der Waals surface area contributed by atoms with Gasteiger partial charge >= 0.3 is 0 Å². The van der Waals surface area contributed by atoms with Gasteiger partial charge in [-0.25, -0.2) is 17.2 Å². The van der Waals surface area contributed by atoms with Gasteiger partial charge in [0.05, 0.1) is 11.4 Å². The smallest absolute Gasteiger partial charge is 0.243 e. The zero-order valence-electron chi connectivity index (χ0n) is 15.6. The summed E-state index contributed by atoms with van der Waals surface area (Å²) >= 11 is 0. The molecule has 148 valence electrons. The summed E-state index contributed by atoms with van der Waals surface area (Å²) in [6.45, 7) is 3.45. The van der Waals surface area contributed by atoms with E-state index in [9.17, 15) is 17.2 Å². The number of rotatable bonds is 3. The van der Waals surface area contributed by atoms with Crippen molar-refractivity contribution >= 4 is 15.9 Å². The molecular formula is C20H21F2N3O2S. The second kappa shape index (κ2) is 6.63. The highest BCUT2D eigenvalue weighted by atomic mass is 32.2. The molecule has 0 aliphatic carbocycles. The molecule has 2 N–H and O–H groups in total. The molecule has 0 amide bonds. The van der Waals surface area contributed by atoms with Gasteiger partial charge in [-0.05, 0) is 53.8 Å². The average Bonchev–Trinajstić information content (AvgIpc) is 3.19. The molecule has 0 spiro atoms. The standard InChI is InChI=1S/C20H21F2N3O2S/c1-11-7-14(28(26,27)25-9-17(21)18(22)10-25)4-6-15(11)16-5-3-13-8-24-20(23)19(13)12(16)2/h3-7,17-18H,8-10H2,1-2H3,(H2,23,24)/t17-,18+. The van der Waals surface area contributed by atoms with Crippen LogP contribution < -0.4 is 5.73 Å². The van der Waals surface area contributed by atoms with Crippen LogP contribution in [0.15, 0.2) is 40.2 Å². The molecule has 5 nitrogen and oxygen atoms in total. The van der Waals surface area contributed by atoms with Crippen LogP contribution in [0.3, 0.4) is 0 Å². The zero-order valence-corrected chi connectivity index (χ0v) is 16.4. The summed E-state index contributed by atoms with van der Waals surface area (Å²) in [5.74, 6) is 0.516. The molecule has 2 heterocycles. The molecule has 2 aliphatic rings. The molecule has 0 radical (unpaired) electrons. The highest BCUT2D eigenvalue weighted by Gasteiger charge is 2.40. The molecule has 0 saturated carbocycles. The topological polar surface area (TPSA) is 75.8 Å². The summed E-state index contributed by atoms with van der Waals surface area (Å²) in [5.41, 5.74) is 11.6. The van der Waals surface area contributed by atoms with Gasteiger partial charge in [0, 0.05) is 18.7 Å². The Morgan fingerprint density at radius 1 is 1.07 bits per heavy atom. The van der Waals surface area contributed by atoms with Crippen molar-refractivity contribution in [1.29, 1.82) is 0 Å². The minimum atomic E-state index is -3.94. The fourth-order valence-corrected chi connectivity index (χ4v) is 5.47. The van der Waals surface area contributed by atoms with Crippen LogP contribution in [-0.4, -0.2) is 44.0 Å². The predicted octanol–water partition coefficient (Wildman–Crippen LogP) is 2.87. The molecule has 0 unspecified atom stereocenters. The van der Waals surface area contributed by atoms with Gasteiger partial charge in [0.15, 0.2) is 0 Å². The van der Waals surface area contributed by atoms with Crippen molar-refractivity contribution in [3.63, 3.8) is 0 Å². The maximum atomic E-state index is 13.5. The lowest BCUT2D eigenvalue weighted by atomic mass is 9.91. The largest absolute Gasteiger partial charge is 0.383 e. The highest BCUT2D eigenvalue weighted by molar-refractivity contribution is 7.89. The molecule has 1 saturated heterocycles. The Hall–Kier alpha value is -2.32. The van der Waals surface area contributed by atoms with Crippen LogP contribution in [0.25, 0.3) is 11.1 Å².